The first-order chi connectivity index (χ1) is 19.8. The van der Waals surface area contributed by atoms with Crippen LogP contribution >= 0.6 is 0 Å². The monoisotopic (exact) mass is 571 g/mol. The zero-order chi connectivity index (χ0) is 30.0. The van der Waals surface area contributed by atoms with Crippen molar-refractivity contribution in [1.82, 2.24) is 21.5 Å². The molecule has 12 heteroatoms. The lowest BCUT2D eigenvalue weighted by Crippen LogP contribution is -2.52. The first-order valence-electron chi connectivity index (χ1n) is 13.4. The van der Waals surface area contributed by atoms with Gasteiger partial charge in [0.05, 0.1) is 27.8 Å². The predicted molar refractivity (Wildman–Crippen MR) is 153 cm³/mol. The fourth-order valence-corrected chi connectivity index (χ4v) is 4.06. The molecular weight excluding hydrogens is 530 g/mol. The van der Waals surface area contributed by atoms with Crippen LogP contribution in [0.3, 0.4) is 0 Å². The van der Waals surface area contributed by atoms with Gasteiger partial charge in [-0.2, -0.15) is 0 Å². The average Bonchev–Trinajstić information content (AvgIpc) is 2.98. The molecule has 0 spiro atoms. The molecule has 0 aliphatic rings. The van der Waals surface area contributed by atoms with Gasteiger partial charge >= 0.3 is 5.97 Å². The minimum Gasteiger partial charge on any atom is -0.497 e. The number of carbonyl (C=O) groups excluding carboxylic acids is 4. The quantitative estimate of drug-likeness (QED) is 0.0985. The Balaban J connectivity index is 1.88. The van der Waals surface area contributed by atoms with Crippen LogP contribution in [0.4, 0.5) is 0 Å². The normalized spacial score (nSPS) is 12.0. The smallest absolute Gasteiger partial charge is 0.328 e. The van der Waals surface area contributed by atoms with Gasteiger partial charge in [-0.3, -0.25) is 19.8 Å². The van der Waals surface area contributed by atoms with Gasteiger partial charge in [0.1, 0.15) is 23.6 Å². The van der Waals surface area contributed by atoms with Crippen LogP contribution in [-0.4, -0.2) is 70.2 Å². The lowest BCUT2D eigenvalue weighted by atomic mass is 10.1. The predicted octanol–water partition coefficient (Wildman–Crippen LogP) is 0.772. The molecule has 2 rings (SSSR count). The third kappa shape index (κ3) is 11.9. The first kappa shape index (κ1) is 33.0. The van der Waals surface area contributed by atoms with Gasteiger partial charge in [-0.1, -0.05) is 30.3 Å². The maximum atomic E-state index is 12.9. The molecule has 0 saturated heterocycles. The third-order valence-electron chi connectivity index (χ3n) is 6.23. The van der Waals surface area contributed by atoms with Gasteiger partial charge in [-0.05, 0) is 49.6 Å². The molecule has 0 saturated carbocycles. The molecule has 0 aliphatic heterocycles. The summed E-state index contributed by atoms with van der Waals surface area (Å²) in [7, 11) is 4.30. The van der Waals surface area contributed by atoms with Crippen LogP contribution in [0.1, 0.15) is 36.8 Å². The van der Waals surface area contributed by atoms with E-state index in [1.54, 1.807) is 18.2 Å². The molecule has 6 N–H and O–H groups in total. The molecule has 41 heavy (non-hydrogen) atoms. The van der Waals surface area contributed by atoms with Crippen LogP contribution in [0.2, 0.25) is 0 Å². The van der Waals surface area contributed by atoms with E-state index in [9.17, 15) is 19.2 Å². The number of rotatable bonds is 18. The number of methoxy groups -OCH3 is 3. The first-order valence-corrected chi connectivity index (χ1v) is 13.4. The third-order valence-corrected chi connectivity index (χ3v) is 6.23. The summed E-state index contributed by atoms with van der Waals surface area (Å²) in [6.07, 6.45) is 1.97. The Labute approximate surface area is 240 Å². The number of esters is 1. The molecule has 0 unspecified atom stereocenters. The van der Waals surface area contributed by atoms with E-state index < -0.39 is 29.9 Å². The highest BCUT2D eigenvalue weighted by Gasteiger charge is 2.23. The van der Waals surface area contributed by atoms with Gasteiger partial charge < -0.3 is 30.6 Å². The topological polar surface area (TPSA) is 170 Å². The summed E-state index contributed by atoms with van der Waals surface area (Å²) in [6.45, 7) is 0.564. The Morgan fingerprint density at radius 3 is 2.27 bits per heavy atom. The summed E-state index contributed by atoms with van der Waals surface area (Å²) in [5.74, 6) is -0.648. The van der Waals surface area contributed by atoms with E-state index in [4.69, 9.17) is 19.9 Å². The van der Waals surface area contributed by atoms with Gasteiger partial charge in [0.25, 0.3) is 5.91 Å². The summed E-state index contributed by atoms with van der Waals surface area (Å²) in [5.41, 5.74) is 12.4. The van der Waals surface area contributed by atoms with Crippen molar-refractivity contribution in [2.75, 3.05) is 34.4 Å². The van der Waals surface area contributed by atoms with Crippen molar-refractivity contribution in [3.05, 3.63) is 59.7 Å². The van der Waals surface area contributed by atoms with Crippen LogP contribution < -0.4 is 36.7 Å². The molecule has 0 fully saturated rings. The summed E-state index contributed by atoms with van der Waals surface area (Å²) >= 11 is 0. The summed E-state index contributed by atoms with van der Waals surface area (Å²) < 4.78 is 15.4. The zero-order valence-electron chi connectivity index (χ0n) is 23.9. The second-order valence-electron chi connectivity index (χ2n) is 9.26. The van der Waals surface area contributed by atoms with Gasteiger partial charge in [0.2, 0.25) is 11.8 Å². The molecule has 3 amide bonds. The highest BCUT2D eigenvalue weighted by atomic mass is 16.5. The maximum Gasteiger partial charge on any atom is 0.328 e. The van der Waals surface area contributed by atoms with Crippen molar-refractivity contribution in [3.8, 4) is 11.5 Å². The maximum absolute atomic E-state index is 12.9. The molecule has 0 heterocycles. The van der Waals surface area contributed by atoms with Crippen LogP contribution in [0.5, 0.6) is 11.5 Å². The SMILES string of the molecule is COC(=O)[C@H](Cc1ccccc1)NC(=O)CCNNC(=O)[C@H](CCCCN)NC(=O)Cc1cc(OC)ccc1OC. The number of nitrogens with one attached hydrogen (secondary N) is 4. The Hall–Kier alpha value is -4.16. The van der Waals surface area contributed by atoms with Gasteiger partial charge in [0.15, 0.2) is 0 Å². The largest absolute Gasteiger partial charge is 0.497 e. The van der Waals surface area contributed by atoms with Crippen LogP contribution in [0, 0.1) is 0 Å². The van der Waals surface area contributed by atoms with Crippen LogP contribution in [0.15, 0.2) is 48.5 Å². The van der Waals surface area contributed by atoms with Gasteiger partial charge in [-0.25, -0.2) is 10.2 Å². The van der Waals surface area contributed by atoms with Crippen molar-refractivity contribution in [1.29, 1.82) is 0 Å². The van der Waals surface area contributed by atoms with Crippen LogP contribution in [0.25, 0.3) is 0 Å². The van der Waals surface area contributed by atoms with Crippen molar-refractivity contribution in [3.63, 3.8) is 0 Å². The Kier molecular flexibility index (Phi) is 14.7. The molecule has 224 valence electrons. The Morgan fingerprint density at radius 2 is 1.61 bits per heavy atom. The molecule has 2 aromatic carbocycles. The van der Waals surface area contributed by atoms with E-state index in [-0.39, 0.29) is 31.7 Å². The fourth-order valence-electron chi connectivity index (χ4n) is 4.06. The minimum absolute atomic E-state index is 0.0115. The van der Waals surface area contributed by atoms with Gasteiger partial charge in [0, 0.05) is 24.9 Å². The molecule has 0 radical (unpaired) electrons. The molecule has 2 aromatic rings. The summed E-state index contributed by atoms with van der Waals surface area (Å²) in [4.78, 5) is 50.3. The molecule has 12 nitrogen and oxygen atoms in total. The Bertz CT molecular complexity index is 1130. The number of hydrazine groups is 1. The lowest BCUT2D eigenvalue weighted by molar-refractivity contribution is -0.145. The van der Waals surface area contributed by atoms with E-state index in [1.807, 2.05) is 30.3 Å². The zero-order valence-corrected chi connectivity index (χ0v) is 23.9. The van der Waals surface area contributed by atoms with E-state index in [2.05, 4.69) is 21.5 Å². The van der Waals surface area contributed by atoms with Gasteiger partial charge in [-0.15, -0.1) is 0 Å². The standard InChI is InChI=1S/C29H41N5O7/c1-39-22-12-13-25(40-2)21(18-22)19-27(36)32-23(11-7-8-15-30)28(37)34-31-16-14-26(35)33-24(29(38)41-3)17-20-9-5-4-6-10-20/h4-6,9-10,12-13,18,23-24,31H,7-8,11,14-17,19,30H2,1-3H3,(H,32,36)(H,33,35)(H,34,37)/t23-,24-/m0/s1. The highest BCUT2D eigenvalue weighted by Crippen LogP contribution is 2.24. The number of amides is 3. The van der Waals surface area contributed by atoms with Crippen LogP contribution in [-0.2, 0) is 36.8 Å². The number of benzene rings is 2. The van der Waals surface area contributed by atoms with E-state index in [1.165, 1.54) is 21.3 Å². The number of unbranched alkanes of at least 4 members (excludes halogenated alkanes) is 1. The minimum atomic E-state index is -0.838. The van der Waals surface area contributed by atoms with Crippen molar-refractivity contribution in [2.45, 2.75) is 50.6 Å². The molecule has 2 atom stereocenters. The molecule has 0 aromatic heterocycles. The average molecular weight is 572 g/mol. The molecule has 0 aliphatic carbocycles. The van der Waals surface area contributed by atoms with E-state index >= 15 is 0 Å². The number of carbonyl (C=O) groups is 4. The van der Waals surface area contributed by atoms with Crippen molar-refractivity contribution >= 4 is 23.7 Å². The fraction of sp³-hybridized carbons (Fsp3) is 0.448. The number of ether oxygens (including phenoxy) is 3. The number of nitrogens with two attached hydrogens (primary N) is 1. The summed E-state index contributed by atoms with van der Waals surface area (Å²) in [6, 6.07) is 12.8. The second-order valence-corrected chi connectivity index (χ2v) is 9.26. The van der Waals surface area contributed by atoms with Crippen molar-refractivity contribution < 1.29 is 33.4 Å². The second kappa shape index (κ2) is 18.2. The number of hydrogen-bond donors (Lipinski definition) is 5. The Morgan fingerprint density at radius 1 is 0.878 bits per heavy atom. The molecule has 0 bridgehead atoms. The van der Waals surface area contributed by atoms with E-state index in [0.717, 1.165) is 5.56 Å². The number of hydrogen-bond acceptors (Lipinski definition) is 9. The molecular formula is C29H41N5O7. The van der Waals surface area contributed by atoms with E-state index in [0.29, 0.717) is 42.9 Å². The summed E-state index contributed by atoms with van der Waals surface area (Å²) in [5, 5.41) is 5.45. The highest BCUT2D eigenvalue weighted by molar-refractivity contribution is 5.88. The lowest BCUT2D eigenvalue weighted by Gasteiger charge is -2.20. The van der Waals surface area contributed by atoms with Crippen molar-refractivity contribution in [2.24, 2.45) is 5.73 Å².